The number of carbonyl (C=O) groups is 2. The van der Waals surface area contributed by atoms with E-state index >= 15 is 0 Å². The summed E-state index contributed by atoms with van der Waals surface area (Å²) in [4.78, 5) is 25.4. The number of rotatable bonds is 8. The molecule has 0 unspecified atom stereocenters. The topological polar surface area (TPSA) is 46.6 Å². The molecule has 0 radical (unpaired) electrons. The Hall–Kier alpha value is -1.58. The van der Waals surface area contributed by atoms with Crippen LogP contribution in [0.5, 0.6) is 0 Å². The van der Waals surface area contributed by atoms with Gasteiger partial charge in [0.15, 0.2) is 5.78 Å². The minimum Gasteiger partial charge on any atom is -0.462 e. The molecule has 0 fully saturated rings. The highest BCUT2D eigenvalue weighted by atomic mass is 16.5. The maximum Gasteiger partial charge on any atom is 0.343 e. The Bertz CT molecular complexity index is 330. The molecule has 0 aromatic heterocycles. The molecule has 0 saturated carbocycles. The van der Waals surface area contributed by atoms with Crippen LogP contribution in [0.2, 0.25) is 0 Å². The van der Waals surface area contributed by atoms with Gasteiger partial charge in [-0.15, -0.1) is 6.58 Å². The van der Waals surface area contributed by atoms with E-state index in [1.807, 2.05) is 13.8 Å². The summed E-state index contributed by atoms with van der Waals surface area (Å²) in [6.45, 7) is 7.77. The quantitative estimate of drug-likeness (QED) is 0.219. The molecule has 0 aromatic carbocycles. The first-order valence-electron chi connectivity index (χ1n) is 6.08. The maximum absolute atomic E-state index is 11.9. The molecule has 4 nitrogen and oxygen atoms in total. The summed E-state index contributed by atoms with van der Waals surface area (Å²) in [6, 6.07) is 0. The van der Waals surface area contributed by atoms with Crippen molar-refractivity contribution in [2.45, 2.75) is 26.7 Å². The molecule has 0 aliphatic rings. The molecule has 0 amide bonds. The second-order valence-electron chi connectivity index (χ2n) is 4.75. The van der Waals surface area contributed by atoms with Crippen molar-refractivity contribution in [1.82, 2.24) is 4.90 Å². The number of esters is 1. The van der Waals surface area contributed by atoms with Gasteiger partial charge in [-0.05, 0) is 12.3 Å². The Kier molecular flexibility index (Phi) is 7.76. The lowest BCUT2D eigenvalue weighted by Gasteiger charge is -2.12. The van der Waals surface area contributed by atoms with Crippen LogP contribution in [0.15, 0.2) is 24.4 Å². The van der Waals surface area contributed by atoms with Crippen LogP contribution in [0.3, 0.4) is 0 Å². The maximum atomic E-state index is 11.9. The highest BCUT2D eigenvalue weighted by Gasteiger charge is 2.19. The molecule has 0 heterocycles. The zero-order valence-corrected chi connectivity index (χ0v) is 11.7. The van der Waals surface area contributed by atoms with E-state index < -0.39 is 5.97 Å². The number of carbonyl (C=O) groups excluding carboxylic acids is 2. The van der Waals surface area contributed by atoms with E-state index in [1.54, 1.807) is 25.1 Å². The van der Waals surface area contributed by atoms with Crippen molar-refractivity contribution < 1.29 is 14.3 Å². The third-order valence-corrected chi connectivity index (χ3v) is 2.03. The summed E-state index contributed by atoms with van der Waals surface area (Å²) in [5.41, 5.74) is 0.0995. The molecule has 18 heavy (non-hydrogen) atoms. The molecule has 0 aromatic rings. The van der Waals surface area contributed by atoms with E-state index in [0.29, 0.717) is 13.0 Å². The Balaban J connectivity index is 4.72. The largest absolute Gasteiger partial charge is 0.462 e. The standard InChI is InChI=1S/C14H23NO3/c1-6-7-8-13(16)12(9-15(4)5)14(17)18-10-11(2)3/h6,9,11H,1,7-8,10H2,2-5H3/b12-9+. The number of allylic oxidation sites excluding steroid dienone is 1. The molecule has 0 spiro atoms. The second kappa shape index (κ2) is 8.50. The highest BCUT2D eigenvalue weighted by molar-refractivity contribution is 6.17. The average Bonchev–Trinajstić information content (AvgIpc) is 2.29. The van der Waals surface area contributed by atoms with Crippen LogP contribution in [0.4, 0.5) is 0 Å². The molecule has 0 saturated heterocycles. The first-order chi connectivity index (χ1) is 8.38. The summed E-state index contributed by atoms with van der Waals surface area (Å²) >= 11 is 0. The predicted molar refractivity (Wildman–Crippen MR) is 72.0 cm³/mol. The van der Waals surface area contributed by atoms with Gasteiger partial charge in [0, 0.05) is 26.7 Å². The lowest BCUT2D eigenvalue weighted by atomic mass is 10.1. The fraction of sp³-hybridized carbons (Fsp3) is 0.571. The molecule has 0 N–H and O–H groups in total. The van der Waals surface area contributed by atoms with Crippen molar-refractivity contribution in [3.63, 3.8) is 0 Å². The number of ether oxygens (including phenoxy) is 1. The van der Waals surface area contributed by atoms with Gasteiger partial charge < -0.3 is 9.64 Å². The second-order valence-corrected chi connectivity index (χ2v) is 4.75. The van der Waals surface area contributed by atoms with Gasteiger partial charge in [0.2, 0.25) is 0 Å². The summed E-state index contributed by atoms with van der Waals surface area (Å²) in [6.07, 6.45) is 4.00. The number of Topliss-reactive ketones (excluding diaryl/α,β-unsaturated/α-hetero) is 1. The zero-order valence-electron chi connectivity index (χ0n) is 11.7. The Labute approximate surface area is 109 Å². The van der Waals surface area contributed by atoms with Gasteiger partial charge in [-0.3, -0.25) is 4.79 Å². The predicted octanol–water partition coefficient (Wildman–Crippen LogP) is 2.17. The third-order valence-electron chi connectivity index (χ3n) is 2.03. The van der Waals surface area contributed by atoms with E-state index in [-0.39, 0.29) is 23.7 Å². The van der Waals surface area contributed by atoms with Crippen molar-refractivity contribution in [3.8, 4) is 0 Å². The molecule has 0 atom stereocenters. The van der Waals surface area contributed by atoms with Gasteiger partial charge >= 0.3 is 5.97 Å². The molecule has 102 valence electrons. The number of hydrogen-bond donors (Lipinski definition) is 0. The van der Waals surface area contributed by atoms with Crippen molar-refractivity contribution >= 4 is 11.8 Å². The van der Waals surface area contributed by atoms with Crippen LogP contribution in [-0.2, 0) is 14.3 Å². The smallest absolute Gasteiger partial charge is 0.343 e. The third kappa shape index (κ3) is 6.89. The SMILES string of the molecule is C=CCCC(=O)/C(=C\N(C)C)C(=O)OCC(C)C. The zero-order chi connectivity index (χ0) is 14.1. The minimum atomic E-state index is -0.550. The van der Waals surface area contributed by atoms with E-state index in [2.05, 4.69) is 6.58 Å². The van der Waals surface area contributed by atoms with Crippen LogP contribution >= 0.6 is 0 Å². The fourth-order valence-electron chi connectivity index (χ4n) is 1.18. The van der Waals surface area contributed by atoms with Gasteiger partial charge in [-0.25, -0.2) is 4.79 Å². The summed E-state index contributed by atoms with van der Waals surface area (Å²) in [5.74, 6) is -0.512. The number of nitrogens with zero attached hydrogens (tertiary/aromatic N) is 1. The van der Waals surface area contributed by atoms with Gasteiger partial charge in [0.05, 0.1) is 6.61 Å². The first-order valence-corrected chi connectivity index (χ1v) is 6.08. The molecule has 0 aliphatic carbocycles. The van der Waals surface area contributed by atoms with E-state index in [0.717, 1.165) is 0 Å². The molecule has 0 aliphatic heterocycles. The van der Waals surface area contributed by atoms with E-state index in [9.17, 15) is 9.59 Å². The average molecular weight is 253 g/mol. The molecular formula is C14H23NO3. The van der Waals surface area contributed by atoms with Crippen LogP contribution < -0.4 is 0 Å². The monoisotopic (exact) mass is 253 g/mol. The first kappa shape index (κ1) is 16.4. The van der Waals surface area contributed by atoms with Crippen LogP contribution in [0.1, 0.15) is 26.7 Å². The van der Waals surface area contributed by atoms with Crippen molar-refractivity contribution in [2.24, 2.45) is 5.92 Å². The lowest BCUT2D eigenvalue weighted by Crippen LogP contribution is -2.20. The van der Waals surface area contributed by atoms with Gasteiger partial charge in [0.1, 0.15) is 5.57 Å². The summed E-state index contributed by atoms with van der Waals surface area (Å²) in [5, 5.41) is 0. The van der Waals surface area contributed by atoms with Crippen LogP contribution in [-0.4, -0.2) is 37.4 Å². The number of ketones is 1. The minimum absolute atomic E-state index is 0.0995. The Morgan fingerprint density at radius 1 is 1.33 bits per heavy atom. The number of hydrogen-bond acceptors (Lipinski definition) is 4. The van der Waals surface area contributed by atoms with E-state index in [4.69, 9.17) is 4.74 Å². The normalized spacial score (nSPS) is 11.3. The summed E-state index contributed by atoms with van der Waals surface area (Å²) in [7, 11) is 3.52. The van der Waals surface area contributed by atoms with Gasteiger partial charge in [-0.2, -0.15) is 0 Å². The molecule has 4 heteroatoms. The summed E-state index contributed by atoms with van der Waals surface area (Å²) < 4.78 is 5.09. The Morgan fingerprint density at radius 3 is 2.39 bits per heavy atom. The highest BCUT2D eigenvalue weighted by Crippen LogP contribution is 2.08. The van der Waals surface area contributed by atoms with E-state index in [1.165, 1.54) is 6.20 Å². The van der Waals surface area contributed by atoms with Crippen LogP contribution in [0.25, 0.3) is 0 Å². The van der Waals surface area contributed by atoms with Crippen molar-refractivity contribution in [1.29, 1.82) is 0 Å². The van der Waals surface area contributed by atoms with Gasteiger partial charge in [-0.1, -0.05) is 19.9 Å². The fourth-order valence-corrected chi connectivity index (χ4v) is 1.18. The van der Waals surface area contributed by atoms with Crippen molar-refractivity contribution in [3.05, 3.63) is 24.4 Å². The van der Waals surface area contributed by atoms with Gasteiger partial charge in [0.25, 0.3) is 0 Å². The molecular weight excluding hydrogens is 230 g/mol. The van der Waals surface area contributed by atoms with Crippen molar-refractivity contribution in [2.75, 3.05) is 20.7 Å². The molecule has 0 bridgehead atoms. The lowest BCUT2D eigenvalue weighted by molar-refractivity contribution is -0.141. The Morgan fingerprint density at radius 2 is 1.94 bits per heavy atom. The molecule has 0 rings (SSSR count). The van der Waals surface area contributed by atoms with Crippen LogP contribution in [0, 0.1) is 5.92 Å².